The van der Waals surface area contributed by atoms with E-state index in [2.05, 4.69) is 25.7 Å². The molecule has 0 aliphatic heterocycles. The van der Waals surface area contributed by atoms with Crippen LogP contribution in [0.15, 0.2) is 0 Å². The van der Waals surface area contributed by atoms with Crippen LogP contribution in [0.1, 0.15) is 213 Å². The van der Waals surface area contributed by atoms with Crippen LogP contribution in [-0.2, 0) is 19.0 Å². The van der Waals surface area contributed by atoms with Gasteiger partial charge in [0.25, 0.3) is 0 Å². The molecule has 0 aromatic heterocycles. The summed E-state index contributed by atoms with van der Waals surface area (Å²) in [6, 6.07) is 0. The van der Waals surface area contributed by atoms with Gasteiger partial charge in [-0.05, 0) is 78.3 Å². The van der Waals surface area contributed by atoms with E-state index in [1.807, 2.05) is 14.1 Å². The number of carbonyl (C=O) groups excluding carboxylic acids is 2. The van der Waals surface area contributed by atoms with E-state index in [4.69, 9.17) is 14.2 Å². The van der Waals surface area contributed by atoms with E-state index in [-0.39, 0.29) is 18.2 Å². The summed E-state index contributed by atoms with van der Waals surface area (Å²) >= 11 is 0. The summed E-state index contributed by atoms with van der Waals surface area (Å²) in [5.74, 6) is 0.0104. The van der Waals surface area contributed by atoms with Gasteiger partial charge < -0.3 is 19.1 Å². The van der Waals surface area contributed by atoms with Crippen LogP contribution in [-0.4, -0.2) is 56.5 Å². The molecule has 0 amide bonds. The molecule has 0 fully saturated rings. The van der Waals surface area contributed by atoms with Crippen molar-refractivity contribution in [3.8, 4) is 0 Å². The second-order valence-electron chi connectivity index (χ2n) is 14.4. The Balaban J connectivity index is 4.50. The Kier molecular flexibility index (Phi) is 35.0. The predicted octanol–water partition coefficient (Wildman–Crippen LogP) is 12.7. The quantitative estimate of drug-likeness (QED) is 0.0489. The number of esters is 1. The molecule has 280 valence electrons. The molecule has 0 heterocycles. The molecule has 0 aromatic carbocycles. The summed E-state index contributed by atoms with van der Waals surface area (Å²) in [6.07, 6.45) is 34.1. The zero-order chi connectivity index (χ0) is 34.6. The first kappa shape index (κ1) is 45.7. The molecule has 0 bridgehead atoms. The lowest BCUT2D eigenvalue weighted by Gasteiger charge is -2.19. The number of carbonyl (C=O) groups is 2. The number of hydrogen-bond acceptors (Lipinski definition) is 6. The molecule has 2 atom stereocenters. The highest BCUT2D eigenvalue weighted by atomic mass is 16.7. The van der Waals surface area contributed by atoms with Crippen molar-refractivity contribution in [1.29, 1.82) is 0 Å². The number of nitrogens with zero attached hydrogens (tertiary/aromatic N) is 1. The van der Waals surface area contributed by atoms with Gasteiger partial charge in [-0.25, -0.2) is 4.79 Å². The first-order valence-corrected chi connectivity index (χ1v) is 20.6. The first-order valence-electron chi connectivity index (χ1n) is 20.6. The molecular weight excluding hydrogens is 586 g/mol. The molecule has 6 nitrogen and oxygen atoms in total. The largest absolute Gasteiger partial charge is 0.508 e. The molecule has 0 radical (unpaired) electrons. The lowest BCUT2D eigenvalue weighted by Crippen LogP contribution is -2.21. The molecule has 2 unspecified atom stereocenters. The third kappa shape index (κ3) is 34.4. The third-order valence-corrected chi connectivity index (χ3v) is 9.33. The van der Waals surface area contributed by atoms with Gasteiger partial charge in [0.15, 0.2) is 0 Å². The molecule has 47 heavy (non-hydrogen) atoms. The first-order chi connectivity index (χ1) is 22.9. The van der Waals surface area contributed by atoms with Crippen molar-refractivity contribution in [3.05, 3.63) is 0 Å². The van der Waals surface area contributed by atoms with Crippen LogP contribution in [0.4, 0.5) is 4.79 Å². The molecule has 0 aliphatic rings. The fraction of sp³-hybridized carbons (Fsp3) is 0.951. The van der Waals surface area contributed by atoms with Gasteiger partial charge in [0, 0.05) is 13.0 Å². The highest BCUT2D eigenvalue weighted by Gasteiger charge is 2.16. The van der Waals surface area contributed by atoms with Crippen molar-refractivity contribution in [2.75, 3.05) is 27.2 Å². The van der Waals surface area contributed by atoms with E-state index in [1.165, 1.54) is 109 Å². The van der Waals surface area contributed by atoms with Crippen LogP contribution in [0.25, 0.3) is 0 Å². The number of rotatable bonds is 36. The third-order valence-electron chi connectivity index (χ3n) is 9.33. The number of unbranched alkanes of at least 4 members (excludes halogenated alkanes) is 20. The van der Waals surface area contributed by atoms with E-state index in [1.54, 1.807) is 0 Å². The Morgan fingerprint density at radius 3 is 1.23 bits per heavy atom. The van der Waals surface area contributed by atoms with Crippen molar-refractivity contribution < 1.29 is 23.8 Å². The maximum absolute atomic E-state index is 12.6. The highest BCUT2D eigenvalue weighted by Crippen LogP contribution is 2.20. The van der Waals surface area contributed by atoms with E-state index >= 15 is 0 Å². The van der Waals surface area contributed by atoms with Crippen molar-refractivity contribution in [3.63, 3.8) is 0 Å². The van der Waals surface area contributed by atoms with Gasteiger partial charge >= 0.3 is 12.1 Å². The van der Waals surface area contributed by atoms with E-state index in [9.17, 15) is 9.59 Å². The monoisotopic (exact) mass is 668 g/mol. The Bertz CT molecular complexity index is 670. The van der Waals surface area contributed by atoms with Crippen LogP contribution in [0.2, 0.25) is 0 Å². The fourth-order valence-corrected chi connectivity index (χ4v) is 6.28. The normalized spacial score (nSPS) is 12.7. The van der Waals surface area contributed by atoms with E-state index in [0.717, 1.165) is 83.6 Å². The molecule has 0 saturated carbocycles. The van der Waals surface area contributed by atoms with E-state index < -0.39 is 6.16 Å². The van der Waals surface area contributed by atoms with Gasteiger partial charge in [-0.3, -0.25) is 4.79 Å². The topological polar surface area (TPSA) is 65.1 Å². The van der Waals surface area contributed by atoms with Crippen LogP contribution in [0, 0.1) is 0 Å². The van der Waals surface area contributed by atoms with Gasteiger partial charge in [-0.15, -0.1) is 0 Å². The van der Waals surface area contributed by atoms with Gasteiger partial charge in [-0.2, -0.15) is 0 Å². The van der Waals surface area contributed by atoms with Crippen molar-refractivity contribution >= 4 is 12.1 Å². The van der Waals surface area contributed by atoms with Gasteiger partial charge in [-0.1, -0.05) is 143 Å². The second-order valence-corrected chi connectivity index (χ2v) is 14.4. The minimum atomic E-state index is -0.500. The molecule has 6 heteroatoms. The van der Waals surface area contributed by atoms with E-state index in [0.29, 0.717) is 13.0 Å². The minimum absolute atomic E-state index is 0.0104. The smallest absolute Gasteiger partial charge is 0.462 e. The lowest BCUT2D eigenvalue weighted by molar-refractivity contribution is -0.150. The van der Waals surface area contributed by atoms with Crippen LogP contribution in [0.5, 0.6) is 0 Å². The van der Waals surface area contributed by atoms with Crippen LogP contribution >= 0.6 is 0 Å². The zero-order valence-electron chi connectivity index (χ0n) is 32.3. The molecule has 0 aromatic rings. The van der Waals surface area contributed by atoms with Gasteiger partial charge in [0.2, 0.25) is 0 Å². The van der Waals surface area contributed by atoms with Gasteiger partial charge in [0.1, 0.15) is 12.2 Å². The number of ether oxygens (including phenoxy) is 3. The summed E-state index contributed by atoms with van der Waals surface area (Å²) in [5.41, 5.74) is 0. The van der Waals surface area contributed by atoms with Crippen molar-refractivity contribution in [1.82, 2.24) is 4.90 Å². The van der Waals surface area contributed by atoms with Crippen molar-refractivity contribution in [2.45, 2.75) is 226 Å². The standard InChI is InChI=1S/C41H81NO5/c1-6-9-12-15-17-18-22-27-33-39(47-41(44)45-37-30-36-42(4)5)34-28-24-19-23-26-32-38(31-25-21-16-13-10-7-2)46-40(43)35-29-20-14-11-8-3/h38-39H,6-37H2,1-5H3. The maximum Gasteiger partial charge on any atom is 0.508 e. The van der Waals surface area contributed by atoms with Crippen LogP contribution < -0.4 is 0 Å². The molecule has 0 aliphatic carbocycles. The average molecular weight is 668 g/mol. The molecule has 0 rings (SSSR count). The summed E-state index contributed by atoms with van der Waals surface area (Å²) in [5, 5.41) is 0. The maximum atomic E-state index is 12.6. The zero-order valence-corrected chi connectivity index (χ0v) is 32.3. The van der Waals surface area contributed by atoms with Crippen LogP contribution in [0.3, 0.4) is 0 Å². The Morgan fingerprint density at radius 2 is 0.830 bits per heavy atom. The second kappa shape index (κ2) is 36.0. The summed E-state index contributed by atoms with van der Waals surface area (Å²) < 4.78 is 17.2. The average Bonchev–Trinajstić information content (AvgIpc) is 3.04. The number of hydrogen-bond donors (Lipinski definition) is 0. The Labute approximate surface area is 293 Å². The van der Waals surface area contributed by atoms with Crippen molar-refractivity contribution in [2.24, 2.45) is 0 Å². The highest BCUT2D eigenvalue weighted by molar-refractivity contribution is 5.69. The summed E-state index contributed by atoms with van der Waals surface area (Å²) in [7, 11) is 4.05. The fourth-order valence-electron chi connectivity index (χ4n) is 6.28. The minimum Gasteiger partial charge on any atom is -0.462 e. The SMILES string of the molecule is CCCCCCCCCCC(CCCCCCCC(CCCCCCCC)OC(=O)CCCCCCC)OC(=O)OCCCN(C)C. The summed E-state index contributed by atoms with van der Waals surface area (Å²) in [4.78, 5) is 27.1. The Morgan fingerprint density at radius 1 is 0.468 bits per heavy atom. The summed E-state index contributed by atoms with van der Waals surface area (Å²) in [6.45, 7) is 8.05. The van der Waals surface area contributed by atoms with Gasteiger partial charge in [0.05, 0.1) is 6.61 Å². The molecular formula is C41H81NO5. The Hall–Kier alpha value is -1.30. The molecule has 0 spiro atoms. The lowest BCUT2D eigenvalue weighted by atomic mass is 10.00. The molecule has 0 saturated heterocycles. The predicted molar refractivity (Wildman–Crippen MR) is 200 cm³/mol. The molecule has 0 N–H and O–H groups in total.